The van der Waals surface area contributed by atoms with E-state index < -0.39 is 23.5 Å². The van der Waals surface area contributed by atoms with Gasteiger partial charge in [-0.1, -0.05) is 57.2 Å². The van der Waals surface area contributed by atoms with Crippen LogP contribution in [-0.2, 0) is 15.0 Å². The van der Waals surface area contributed by atoms with Crippen LogP contribution in [-0.4, -0.2) is 23.9 Å². The van der Waals surface area contributed by atoms with Gasteiger partial charge in [0.05, 0.1) is 18.7 Å². The smallest absolute Gasteiger partial charge is 0.300 e. The number of ketones is 1. The van der Waals surface area contributed by atoms with E-state index in [1.54, 1.807) is 55.6 Å². The number of halogens is 1. The topological polar surface area (TPSA) is 66.8 Å². The number of carbonyl (C=O) groups is 2. The molecule has 5 nitrogen and oxygen atoms in total. The minimum absolute atomic E-state index is 0.0505. The number of anilines is 1. The van der Waals surface area contributed by atoms with Crippen molar-refractivity contribution >= 4 is 23.1 Å². The summed E-state index contributed by atoms with van der Waals surface area (Å²) in [5.74, 6) is -1.83. The summed E-state index contributed by atoms with van der Waals surface area (Å²) in [4.78, 5) is 27.6. The van der Waals surface area contributed by atoms with Gasteiger partial charge in [-0.05, 0) is 47.4 Å². The third kappa shape index (κ3) is 4.07. The normalized spacial score (nSPS) is 17.8. The number of aliphatic hydroxyl groups is 1. The molecule has 1 aliphatic rings. The minimum atomic E-state index is -0.914. The Morgan fingerprint density at radius 1 is 0.971 bits per heavy atom. The van der Waals surface area contributed by atoms with Crippen LogP contribution in [0.5, 0.6) is 5.75 Å². The first-order valence-corrected chi connectivity index (χ1v) is 10.9. The van der Waals surface area contributed by atoms with E-state index in [1.807, 2.05) is 26.8 Å². The molecule has 1 N–H and O–H groups in total. The quantitative estimate of drug-likeness (QED) is 0.306. The number of nitrogens with zero attached hydrogens (tertiary/aromatic N) is 1. The molecule has 1 heterocycles. The molecule has 3 aromatic carbocycles. The van der Waals surface area contributed by atoms with Gasteiger partial charge >= 0.3 is 0 Å². The molecule has 1 atom stereocenters. The summed E-state index contributed by atoms with van der Waals surface area (Å²) in [6, 6.07) is 18.7. The molecule has 1 fully saturated rings. The Labute approximate surface area is 198 Å². The number of hydrogen-bond donors (Lipinski definition) is 1. The van der Waals surface area contributed by atoms with Crippen LogP contribution in [0.1, 0.15) is 43.5 Å². The number of carbonyl (C=O) groups excluding carboxylic acids is 2. The number of Topliss-reactive ketones (excluding diaryl/α,β-unsaturated/α-hetero) is 1. The van der Waals surface area contributed by atoms with Crippen molar-refractivity contribution in [1.29, 1.82) is 0 Å². The number of methoxy groups -OCH3 is 1. The largest absolute Gasteiger partial charge is 0.507 e. The van der Waals surface area contributed by atoms with E-state index in [9.17, 15) is 19.1 Å². The SMILES string of the molecule is COc1ccc(/C(O)=C2/C(=O)C(=O)N(c3cccc(F)c3)C2c2ccccc2)cc1C(C)(C)C. The Kier molecular flexibility index (Phi) is 6.00. The maximum Gasteiger partial charge on any atom is 0.300 e. The molecule has 0 radical (unpaired) electrons. The van der Waals surface area contributed by atoms with Gasteiger partial charge in [0.2, 0.25) is 0 Å². The molecule has 6 heteroatoms. The molecule has 0 spiro atoms. The van der Waals surface area contributed by atoms with Crippen molar-refractivity contribution in [3.63, 3.8) is 0 Å². The van der Waals surface area contributed by atoms with Gasteiger partial charge in [-0.2, -0.15) is 0 Å². The van der Waals surface area contributed by atoms with E-state index in [2.05, 4.69) is 0 Å². The van der Waals surface area contributed by atoms with Crippen LogP contribution in [0, 0.1) is 5.82 Å². The van der Waals surface area contributed by atoms with E-state index >= 15 is 0 Å². The van der Waals surface area contributed by atoms with Crippen LogP contribution in [0.3, 0.4) is 0 Å². The predicted octanol–water partition coefficient (Wildman–Crippen LogP) is 5.76. The van der Waals surface area contributed by atoms with Crippen LogP contribution < -0.4 is 9.64 Å². The molecule has 174 valence electrons. The predicted molar refractivity (Wildman–Crippen MR) is 129 cm³/mol. The van der Waals surface area contributed by atoms with Crippen molar-refractivity contribution in [2.24, 2.45) is 0 Å². The molecule has 34 heavy (non-hydrogen) atoms. The highest BCUT2D eigenvalue weighted by atomic mass is 19.1. The fourth-order valence-electron chi connectivity index (χ4n) is 4.27. The van der Waals surface area contributed by atoms with Crippen LogP contribution >= 0.6 is 0 Å². The Hall–Kier alpha value is -3.93. The lowest BCUT2D eigenvalue weighted by molar-refractivity contribution is -0.132. The van der Waals surface area contributed by atoms with Crippen LogP contribution in [0.15, 0.2) is 78.4 Å². The number of ether oxygens (including phenoxy) is 1. The lowest BCUT2D eigenvalue weighted by Crippen LogP contribution is -2.29. The second-order valence-electron chi connectivity index (χ2n) is 9.22. The summed E-state index contributed by atoms with van der Waals surface area (Å²) in [6.07, 6.45) is 0. The summed E-state index contributed by atoms with van der Waals surface area (Å²) < 4.78 is 19.5. The van der Waals surface area contributed by atoms with E-state index in [-0.39, 0.29) is 22.4 Å². The van der Waals surface area contributed by atoms with Gasteiger partial charge < -0.3 is 9.84 Å². The highest BCUT2D eigenvalue weighted by Gasteiger charge is 2.47. The van der Waals surface area contributed by atoms with Crippen molar-refractivity contribution in [2.45, 2.75) is 32.2 Å². The number of aliphatic hydroxyl groups excluding tert-OH is 1. The fourth-order valence-corrected chi connectivity index (χ4v) is 4.27. The van der Waals surface area contributed by atoms with E-state index in [0.717, 1.165) is 5.56 Å². The van der Waals surface area contributed by atoms with Crippen LogP contribution in [0.25, 0.3) is 5.76 Å². The molecular formula is C28H26FNO4. The van der Waals surface area contributed by atoms with E-state index in [1.165, 1.54) is 23.1 Å². The van der Waals surface area contributed by atoms with Crippen molar-refractivity contribution in [3.8, 4) is 5.75 Å². The Morgan fingerprint density at radius 3 is 2.29 bits per heavy atom. The second-order valence-corrected chi connectivity index (χ2v) is 9.22. The second kappa shape index (κ2) is 8.78. The molecule has 0 saturated carbocycles. The molecule has 1 aliphatic heterocycles. The van der Waals surface area contributed by atoms with Gasteiger partial charge in [0.15, 0.2) is 0 Å². The summed E-state index contributed by atoms with van der Waals surface area (Å²) >= 11 is 0. The van der Waals surface area contributed by atoms with Crippen molar-refractivity contribution in [2.75, 3.05) is 12.0 Å². The zero-order valence-corrected chi connectivity index (χ0v) is 19.5. The Morgan fingerprint density at radius 2 is 1.68 bits per heavy atom. The lowest BCUT2D eigenvalue weighted by atomic mass is 9.84. The molecular weight excluding hydrogens is 433 g/mol. The summed E-state index contributed by atoms with van der Waals surface area (Å²) in [5.41, 5.74) is 1.75. The minimum Gasteiger partial charge on any atom is -0.507 e. The van der Waals surface area contributed by atoms with E-state index in [4.69, 9.17) is 4.74 Å². The van der Waals surface area contributed by atoms with E-state index in [0.29, 0.717) is 16.9 Å². The number of hydrogen-bond acceptors (Lipinski definition) is 4. The average Bonchev–Trinajstić information content (AvgIpc) is 3.08. The first-order chi connectivity index (χ1) is 16.1. The van der Waals surface area contributed by atoms with Crippen LogP contribution in [0.4, 0.5) is 10.1 Å². The standard InChI is InChI=1S/C28H26FNO4/c1-28(2,3)21-15-18(13-14-22(21)34-4)25(31)23-24(17-9-6-5-7-10-17)30(27(33)26(23)32)20-12-8-11-19(29)16-20/h5-16,24,31H,1-4H3/b25-23-. The average molecular weight is 460 g/mol. The molecule has 3 aromatic rings. The zero-order valence-electron chi connectivity index (χ0n) is 19.5. The molecule has 0 aliphatic carbocycles. The molecule has 1 saturated heterocycles. The highest BCUT2D eigenvalue weighted by molar-refractivity contribution is 6.51. The number of benzene rings is 3. The zero-order chi connectivity index (χ0) is 24.6. The molecule has 1 amide bonds. The third-order valence-corrected chi connectivity index (χ3v) is 5.93. The fraction of sp³-hybridized carbons (Fsp3) is 0.214. The highest BCUT2D eigenvalue weighted by Crippen LogP contribution is 2.43. The molecule has 4 rings (SSSR count). The first-order valence-electron chi connectivity index (χ1n) is 10.9. The monoisotopic (exact) mass is 459 g/mol. The maximum atomic E-state index is 14.0. The first kappa shape index (κ1) is 23.2. The third-order valence-electron chi connectivity index (χ3n) is 5.93. The molecule has 1 unspecified atom stereocenters. The molecule has 0 aromatic heterocycles. The van der Waals surface area contributed by atoms with Crippen molar-refractivity contribution in [3.05, 3.63) is 101 Å². The van der Waals surface area contributed by atoms with Gasteiger partial charge in [-0.3, -0.25) is 14.5 Å². The summed E-state index contributed by atoms with van der Waals surface area (Å²) in [5, 5.41) is 11.4. The Balaban J connectivity index is 1.95. The summed E-state index contributed by atoms with van der Waals surface area (Å²) in [6.45, 7) is 6.05. The van der Waals surface area contributed by atoms with Gasteiger partial charge in [0, 0.05) is 16.8 Å². The van der Waals surface area contributed by atoms with Gasteiger partial charge in [-0.15, -0.1) is 0 Å². The van der Waals surface area contributed by atoms with Gasteiger partial charge in [0.25, 0.3) is 11.7 Å². The Bertz CT molecular complexity index is 1290. The maximum absolute atomic E-state index is 14.0. The van der Waals surface area contributed by atoms with Crippen LogP contribution in [0.2, 0.25) is 0 Å². The number of amides is 1. The van der Waals surface area contributed by atoms with Gasteiger partial charge in [0.1, 0.15) is 17.3 Å². The van der Waals surface area contributed by atoms with Gasteiger partial charge in [-0.25, -0.2) is 4.39 Å². The lowest BCUT2D eigenvalue weighted by Gasteiger charge is -2.26. The van der Waals surface area contributed by atoms with Crippen molar-refractivity contribution < 1.29 is 23.8 Å². The number of rotatable bonds is 4. The molecule has 0 bridgehead atoms. The van der Waals surface area contributed by atoms with Crippen molar-refractivity contribution in [1.82, 2.24) is 0 Å². The summed E-state index contributed by atoms with van der Waals surface area (Å²) in [7, 11) is 1.57.